The van der Waals surface area contributed by atoms with Gasteiger partial charge >= 0.3 is 0 Å². The van der Waals surface area contributed by atoms with Gasteiger partial charge in [-0.25, -0.2) is 4.98 Å². The Labute approximate surface area is 143 Å². The molecule has 0 fully saturated rings. The van der Waals surface area contributed by atoms with E-state index in [4.69, 9.17) is 4.74 Å². The molecule has 0 radical (unpaired) electrons. The van der Waals surface area contributed by atoms with Crippen molar-refractivity contribution >= 4 is 17.4 Å². The Bertz CT molecular complexity index is 637. The number of amides is 1. The number of nitrogens with zero attached hydrogens (tertiary/aromatic N) is 1. The van der Waals surface area contributed by atoms with Crippen LogP contribution in [0.5, 0.6) is 5.75 Å². The molecule has 1 aromatic heterocycles. The van der Waals surface area contributed by atoms with Crippen LogP contribution < -0.4 is 15.4 Å². The van der Waals surface area contributed by atoms with Crippen molar-refractivity contribution in [2.45, 2.75) is 27.2 Å². The molecule has 24 heavy (non-hydrogen) atoms. The number of benzene rings is 1. The summed E-state index contributed by atoms with van der Waals surface area (Å²) in [6, 6.07) is 10.9. The number of ether oxygens (including phenoxy) is 1. The normalized spacial score (nSPS) is 10.5. The molecule has 0 aliphatic heterocycles. The van der Waals surface area contributed by atoms with E-state index in [2.05, 4.69) is 29.5 Å². The van der Waals surface area contributed by atoms with Crippen molar-refractivity contribution in [1.82, 2.24) is 4.98 Å². The van der Waals surface area contributed by atoms with Crippen LogP contribution in [-0.2, 0) is 0 Å². The molecule has 1 aromatic carbocycles. The summed E-state index contributed by atoms with van der Waals surface area (Å²) in [5.41, 5.74) is 1.25. The maximum Gasteiger partial charge on any atom is 0.257 e. The van der Waals surface area contributed by atoms with Crippen molar-refractivity contribution in [2.75, 3.05) is 23.8 Å². The Hall–Kier alpha value is -2.56. The number of aromatic nitrogens is 1. The van der Waals surface area contributed by atoms with Crippen LogP contribution in [-0.4, -0.2) is 24.0 Å². The van der Waals surface area contributed by atoms with Gasteiger partial charge < -0.3 is 15.4 Å². The first-order valence-electron chi connectivity index (χ1n) is 8.32. The van der Waals surface area contributed by atoms with Gasteiger partial charge in [0.15, 0.2) is 0 Å². The number of carbonyl (C=O) groups is 1. The van der Waals surface area contributed by atoms with E-state index in [0.29, 0.717) is 18.1 Å². The minimum atomic E-state index is -0.180. The Morgan fingerprint density at radius 3 is 2.50 bits per heavy atom. The average Bonchev–Trinajstić information content (AvgIpc) is 2.57. The van der Waals surface area contributed by atoms with E-state index in [1.165, 1.54) is 0 Å². The molecule has 2 aromatic rings. The first-order valence-corrected chi connectivity index (χ1v) is 8.32. The minimum Gasteiger partial charge on any atom is -0.494 e. The molecule has 2 rings (SSSR count). The van der Waals surface area contributed by atoms with E-state index in [0.717, 1.165) is 30.2 Å². The number of hydrogen-bond acceptors (Lipinski definition) is 4. The van der Waals surface area contributed by atoms with E-state index in [1.807, 2.05) is 37.3 Å². The van der Waals surface area contributed by atoms with Gasteiger partial charge in [-0.05, 0) is 55.7 Å². The van der Waals surface area contributed by atoms with Crippen molar-refractivity contribution in [3.05, 3.63) is 48.2 Å². The van der Waals surface area contributed by atoms with Gasteiger partial charge in [-0.1, -0.05) is 13.8 Å². The molecule has 0 aliphatic rings. The lowest BCUT2D eigenvalue weighted by Gasteiger charge is -2.09. The van der Waals surface area contributed by atoms with Crippen molar-refractivity contribution in [3.8, 4) is 5.75 Å². The third-order valence-electron chi connectivity index (χ3n) is 3.48. The van der Waals surface area contributed by atoms with E-state index in [-0.39, 0.29) is 5.91 Å². The zero-order chi connectivity index (χ0) is 17.4. The highest BCUT2D eigenvalue weighted by Gasteiger charge is 2.07. The lowest BCUT2D eigenvalue weighted by atomic mass is 10.1. The fourth-order valence-electron chi connectivity index (χ4n) is 2.13. The van der Waals surface area contributed by atoms with Crippen molar-refractivity contribution in [3.63, 3.8) is 0 Å². The topological polar surface area (TPSA) is 63.2 Å². The molecule has 2 N–H and O–H groups in total. The molecular formula is C19H25N3O2. The Kier molecular flexibility index (Phi) is 6.61. The van der Waals surface area contributed by atoms with Crippen LogP contribution in [0.15, 0.2) is 42.6 Å². The maximum atomic E-state index is 12.2. The predicted molar refractivity (Wildman–Crippen MR) is 97.7 cm³/mol. The largest absolute Gasteiger partial charge is 0.494 e. The molecule has 0 atom stereocenters. The van der Waals surface area contributed by atoms with Crippen LogP contribution in [0.4, 0.5) is 11.5 Å². The summed E-state index contributed by atoms with van der Waals surface area (Å²) < 4.78 is 5.38. The minimum absolute atomic E-state index is 0.180. The summed E-state index contributed by atoms with van der Waals surface area (Å²) in [6.07, 6.45) is 2.67. The monoisotopic (exact) mass is 327 g/mol. The van der Waals surface area contributed by atoms with Gasteiger partial charge in [0.1, 0.15) is 11.6 Å². The molecule has 0 spiro atoms. The van der Waals surface area contributed by atoms with Crippen LogP contribution in [0, 0.1) is 5.92 Å². The molecule has 1 amide bonds. The summed E-state index contributed by atoms with van der Waals surface area (Å²) in [6.45, 7) is 7.80. The standard InChI is InChI=1S/C19H25N3O2/c1-4-24-17-8-6-16(7-9-17)22-19(23)15-5-10-18(21-13-15)20-12-11-14(2)3/h5-10,13-14H,4,11-12H2,1-3H3,(H,20,21)(H,22,23). The van der Waals surface area contributed by atoms with Gasteiger partial charge in [0.05, 0.1) is 12.2 Å². The van der Waals surface area contributed by atoms with Gasteiger partial charge in [-0.3, -0.25) is 4.79 Å². The Balaban J connectivity index is 1.89. The molecule has 5 nitrogen and oxygen atoms in total. The van der Waals surface area contributed by atoms with Crippen LogP contribution >= 0.6 is 0 Å². The predicted octanol–water partition coefficient (Wildman–Crippen LogP) is 4.19. The number of pyridine rings is 1. The lowest BCUT2D eigenvalue weighted by Crippen LogP contribution is -2.13. The third-order valence-corrected chi connectivity index (χ3v) is 3.48. The number of nitrogens with one attached hydrogen (secondary N) is 2. The summed E-state index contributed by atoms with van der Waals surface area (Å²) in [4.78, 5) is 16.5. The molecule has 5 heteroatoms. The van der Waals surface area contributed by atoms with E-state index in [1.54, 1.807) is 12.3 Å². The molecule has 0 bridgehead atoms. The number of hydrogen-bond donors (Lipinski definition) is 2. The van der Waals surface area contributed by atoms with Crippen molar-refractivity contribution in [2.24, 2.45) is 5.92 Å². The lowest BCUT2D eigenvalue weighted by molar-refractivity contribution is 0.102. The molecule has 0 saturated heterocycles. The van der Waals surface area contributed by atoms with E-state index < -0.39 is 0 Å². The molecule has 1 heterocycles. The average molecular weight is 327 g/mol. The SMILES string of the molecule is CCOc1ccc(NC(=O)c2ccc(NCCC(C)C)nc2)cc1. The fourth-order valence-corrected chi connectivity index (χ4v) is 2.13. The zero-order valence-corrected chi connectivity index (χ0v) is 14.5. The molecule has 0 unspecified atom stereocenters. The number of anilines is 2. The first kappa shape index (κ1) is 17.8. The van der Waals surface area contributed by atoms with Gasteiger partial charge in [0.2, 0.25) is 0 Å². The number of rotatable bonds is 8. The second kappa shape index (κ2) is 8.91. The van der Waals surface area contributed by atoms with Gasteiger partial charge in [-0.2, -0.15) is 0 Å². The van der Waals surface area contributed by atoms with Crippen LogP contribution in [0.25, 0.3) is 0 Å². The summed E-state index contributed by atoms with van der Waals surface area (Å²) in [5, 5.41) is 6.10. The highest BCUT2D eigenvalue weighted by molar-refractivity contribution is 6.04. The Morgan fingerprint density at radius 2 is 1.92 bits per heavy atom. The van der Waals surface area contributed by atoms with E-state index >= 15 is 0 Å². The van der Waals surface area contributed by atoms with Gasteiger partial charge in [0, 0.05) is 18.4 Å². The molecule has 128 valence electrons. The quantitative estimate of drug-likeness (QED) is 0.763. The highest BCUT2D eigenvalue weighted by atomic mass is 16.5. The Morgan fingerprint density at radius 1 is 1.17 bits per heavy atom. The molecular weight excluding hydrogens is 302 g/mol. The fraction of sp³-hybridized carbons (Fsp3) is 0.368. The second-order valence-electron chi connectivity index (χ2n) is 5.95. The van der Waals surface area contributed by atoms with Gasteiger partial charge in [0.25, 0.3) is 5.91 Å². The van der Waals surface area contributed by atoms with E-state index in [9.17, 15) is 4.79 Å². The van der Waals surface area contributed by atoms with Crippen molar-refractivity contribution < 1.29 is 9.53 Å². The zero-order valence-electron chi connectivity index (χ0n) is 14.5. The first-order chi connectivity index (χ1) is 11.6. The molecule has 0 aliphatic carbocycles. The molecule has 0 saturated carbocycles. The maximum absolute atomic E-state index is 12.2. The van der Waals surface area contributed by atoms with Crippen LogP contribution in [0.2, 0.25) is 0 Å². The third kappa shape index (κ3) is 5.57. The van der Waals surface area contributed by atoms with Crippen LogP contribution in [0.1, 0.15) is 37.6 Å². The second-order valence-corrected chi connectivity index (χ2v) is 5.95. The van der Waals surface area contributed by atoms with Gasteiger partial charge in [-0.15, -0.1) is 0 Å². The smallest absolute Gasteiger partial charge is 0.257 e. The summed E-state index contributed by atoms with van der Waals surface area (Å²) in [7, 11) is 0. The highest BCUT2D eigenvalue weighted by Crippen LogP contribution is 2.16. The number of carbonyl (C=O) groups excluding carboxylic acids is 1. The summed E-state index contributed by atoms with van der Waals surface area (Å²) in [5.74, 6) is 2.04. The van der Waals surface area contributed by atoms with Crippen LogP contribution in [0.3, 0.4) is 0 Å². The summed E-state index contributed by atoms with van der Waals surface area (Å²) >= 11 is 0. The van der Waals surface area contributed by atoms with Crippen molar-refractivity contribution in [1.29, 1.82) is 0 Å².